The Labute approximate surface area is 104 Å². The molecule has 0 spiro atoms. The van der Waals surface area contributed by atoms with Crippen LogP contribution in [-0.2, 0) is 10.0 Å². The van der Waals surface area contributed by atoms with Crippen LogP contribution in [0.25, 0.3) is 0 Å². The first-order valence-electron chi connectivity index (χ1n) is 4.66. The molecule has 3 N–H and O–H groups in total. The van der Waals surface area contributed by atoms with Gasteiger partial charge in [0.1, 0.15) is 4.90 Å². The molecule has 1 aromatic rings. The Morgan fingerprint density at radius 3 is 2.65 bits per heavy atom. The van der Waals surface area contributed by atoms with Crippen LogP contribution in [0.15, 0.2) is 23.1 Å². The van der Waals surface area contributed by atoms with E-state index in [1.807, 2.05) is 0 Å². The molecule has 0 bridgehead atoms. The minimum atomic E-state index is -4.11. The van der Waals surface area contributed by atoms with Gasteiger partial charge in [0.15, 0.2) is 0 Å². The Hall–Kier alpha value is -1.15. The van der Waals surface area contributed by atoms with Gasteiger partial charge in [-0.2, -0.15) is 0 Å². The fraction of sp³-hybridized carbons (Fsp3) is 0.222. The third kappa shape index (κ3) is 3.16. The first-order chi connectivity index (χ1) is 7.92. The summed E-state index contributed by atoms with van der Waals surface area (Å²) in [5, 5.41) is 10.9. The zero-order valence-electron chi connectivity index (χ0n) is 8.90. The van der Waals surface area contributed by atoms with Crippen molar-refractivity contribution in [2.75, 3.05) is 6.54 Å². The van der Waals surface area contributed by atoms with Crippen LogP contribution in [0.4, 0.5) is 0 Å². The van der Waals surface area contributed by atoms with Gasteiger partial charge in [0.25, 0.3) is 15.9 Å². The Morgan fingerprint density at radius 2 is 2.12 bits per heavy atom. The fourth-order valence-electron chi connectivity index (χ4n) is 1.16. The van der Waals surface area contributed by atoms with E-state index >= 15 is 0 Å². The second-order valence-electron chi connectivity index (χ2n) is 3.10. The molecule has 0 saturated heterocycles. The summed E-state index contributed by atoms with van der Waals surface area (Å²) >= 11 is 5.68. The van der Waals surface area contributed by atoms with E-state index in [1.165, 1.54) is 12.1 Å². The molecule has 0 aliphatic heterocycles. The summed E-state index contributed by atoms with van der Waals surface area (Å²) in [4.78, 5) is 12.3. The first kappa shape index (κ1) is 13.9. The Balaban J connectivity index is 3.25. The quantitative estimate of drug-likeness (QED) is 0.709. The predicted octanol–water partition coefficient (Wildman–Crippen LogP) is 0.757. The molecular weight excluding hydrogens is 268 g/mol. The van der Waals surface area contributed by atoms with Gasteiger partial charge in [0.05, 0.1) is 5.02 Å². The lowest BCUT2D eigenvalue weighted by Gasteiger charge is -2.07. The minimum Gasteiger partial charge on any atom is -0.352 e. The SMILES string of the molecule is CCNC(=O)c1ccc(Cl)c(S(=O)(=O)NO)c1. The highest BCUT2D eigenvalue weighted by molar-refractivity contribution is 7.89. The lowest BCUT2D eigenvalue weighted by molar-refractivity contribution is 0.0955. The molecule has 0 aromatic heterocycles. The van der Waals surface area contributed by atoms with Crippen molar-refractivity contribution in [3.63, 3.8) is 0 Å². The van der Waals surface area contributed by atoms with Gasteiger partial charge in [-0.05, 0) is 25.1 Å². The summed E-state index contributed by atoms with van der Waals surface area (Å²) in [6.45, 7) is 2.16. The lowest BCUT2D eigenvalue weighted by atomic mass is 10.2. The Morgan fingerprint density at radius 1 is 1.47 bits per heavy atom. The maximum atomic E-state index is 11.5. The smallest absolute Gasteiger partial charge is 0.263 e. The van der Waals surface area contributed by atoms with E-state index in [0.717, 1.165) is 11.0 Å². The summed E-state index contributed by atoms with van der Waals surface area (Å²) in [7, 11) is -4.11. The molecule has 0 aliphatic carbocycles. The zero-order chi connectivity index (χ0) is 13.1. The van der Waals surface area contributed by atoms with Crippen molar-refractivity contribution in [2.24, 2.45) is 0 Å². The van der Waals surface area contributed by atoms with Gasteiger partial charge < -0.3 is 10.5 Å². The third-order valence-electron chi connectivity index (χ3n) is 1.94. The van der Waals surface area contributed by atoms with Gasteiger partial charge in [-0.3, -0.25) is 4.79 Å². The van der Waals surface area contributed by atoms with Crippen molar-refractivity contribution < 1.29 is 18.4 Å². The van der Waals surface area contributed by atoms with Gasteiger partial charge in [0.2, 0.25) is 0 Å². The Kier molecular flexibility index (Phi) is 4.47. The zero-order valence-corrected chi connectivity index (χ0v) is 10.5. The molecule has 8 heteroatoms. The molecule has 0 atom stereocenters. The highest BCUT2D eigenvalue weighted by atomic mass is 35.5. The molecule has 0 saturated carbocycles. The fourth-order valence-corrected chi connectivity index (χ4v) is 2.29. The van der Waals surface area contributed by atoms with Crippen molar-refractivity contribution in [1.29, 1.82) is 0 Å². The van der Waals surface area contributed by atoms with Gasteiger partial charge in [-0.25, -0.2) is 8.42 Å². The van der Waals surface area contributed by atoms with Crippen LogP contribution in [0.2, 0.25) is 5.02 Å². The molecule has 0 heterocycles. The number of hydrogen-bond donors (Lipinski definition) is 3. The molecular formula is C9H11ClN2O4S. The predicted molar refractivity (Wildman–Crippen MR) is 61.6 cm³/mol. The molecule has 94 valence electrons. The number of rotatable bonds is 4. The van der Waals surface area contributed by atoms with E-state index in [2.05, 4.69) is 5.32 Å². The van der Waals surface area contributed by atoms with Crippen molar-refractivity contribution in [2.45, 2.75) is 11.8 Å². The number of nitrogens with one attached hydrogen (secondary N) is 2. The average molecular weight is 279 g/mol. The first-order valence-corrected chi connectivity index (χ1v) is 6.52. The topological polar surface area (TPSA) is 95.5 Å². The molecule has 1 rings (SSSR count). The van der Waals surface area contributed by atoms with Crippen LogP contribution in [0.1, 0.15) is 17.3 Å². The molecule has 0 radical (unpaired) electrons. The van der Waals surface area contributed by atoms with Gasteiger partial charge in [-0.15, -0.1) is 0 Å². The molecule has 1 aromatic carbocycles. The second kappa shape index (κ2) is 5.46. The van der Waals surface area contributed by atoms with Crippen molar-refractivity contribution in [1.82, 2.24) is 10.2 Å². The number of amides is 1. The van der Waals surface area contributed by atoms with Crippen molar-refractivity contribution >= 4 is 27.5 Å². The number of benzene rings is 1. The van der Waals surface area contributed by atoms with Crippen LogP contribution in [0.5, 0.6) is 0 Å². The van der Waals surface area contributed by atoms with Crippen LogP contribution in [0.3, 0.4) is 0 Å². The third-order valence-corrected chi connectivity index (χ3v) is 3.54. The minimum absolute atomic E-state index is 0.0837. The number of halogens is 1. The summed E-state index contributed by atoms with van der Waals surface area (Å²) < 4.78 is 22.8. The largest absolute Gasteiger partial charge is 0.352 e. The van der Waals surface area contributed by atoms with E-state index in [0.29, 0.717) is 6.54 Å². The van der Waals surface area contributed by atoms with E-state index in [9.17, 15) is 13.2 Å². The van der Waals surface area contributed by atoms with E-state index in [4.69, 9.17) is 16.8 Å². The standard InChI is InChI=1S/C9H11ClN2O4S/c1-2-11-9(13)6-3-4-7(10)8(5-6)17(15,16)12-14/h3-5,12,14H,2H2,1H3,(H,11,13). The van der Waals surface area contributed by atoms with E-state index < -0.39 is 15.9 Å². The number of carbonyl (C=O) groups excluding carboxylic acids is 1. The van der Waals surface area contributed by atoms with Gasteiger partial charge in [0, 0.05) is 12.1 Å². The molecule has 6 nitrogen and oxygen atoms in total. The highest BCUT2D eigenvalue weighted by Crippen LogP contribution is 2.22. The van der Waals surface area contributed by atoms with E-state index in [1.54, 1.807) is 6.92 Å². The van der Waals surface area contributed by atoms with Crippen LogP contribution in [-0.4, -0.2) is 26.1 Å². The number of carbonyl (C=O) groups is 1. The maximum Gasteiger partial charge on any atom is 0.263 e. The maximum absolute atomic E-state index is 11.5. The van der Waals surface area contributed by atoms with Gasteiger partial charge in [-0.1, -0.05) is 16.5 Å². The van der Waals surface area contributed by atoms with Crippen LogP contribution >= 0.6 is 11.6 Å². The summed E-state index contributed by atoms with van der Waals surface area (Å²) in [6, 6.07) is 3.76. The van der Waals surface area contributed by atoms with Crippen LogP contribution in [0, 0.1) is 0 Å². The van der Waals surface area contributed by atoms with Crippen molar-refractivity contribution in [3.05, 3.63) is 28.8 Å². The lowest BCUT2D eigenvalue weighted by Crippen LogP contribution is -2.24. The average Bonchev–Trinajstić information content (AvgIpc) is 2.29. The van der Waals surface area contributed by atoms with Gasteiger partial charge >= 0.3 is 0 Å². The number of sulfonamides is 1. The molecule has 0 fully saturated rings. The summed E-state index contributed by atoms with van der Waals surface area (Å²) in [5.74, 6) is -0.418. The summed E-state index contributed by atoms with van der Waals surface area (Å²) in [5.41, 5.74) is 0.144. The highest BCUT2D eigenvalue weighted by Gasteiger charge is 2.19. The molecule has 0 aliphatic rings. The monoisotopic (exact) mass is 278 g/mol. The van der Waals surface area contributed by atoms with Crippen LogP contribution < -0.4 is 10.2 Å². The molecule has 0 unspecified atom stereocenters. The Bertz CT molecular complexity index is 530. The van der Waals surface area contributed by atoms with E-state index in [-0.39, 0.29) is 15.5 Å². The summed E-state index contributed by atoms with van der Waals surface area (Å²) in [6.07, 6.45) is 0. The normalized spacial score (nSPS) is 11.2. The van der Waals surface area contributed by atoms with Crippen molar-refractivity contribution in [3.8, 4) is 0 Å². The number of hydrogen-bond acceptors (Lipinski definition) is 4. The molecule has 17 heavy (non-hydrogen) atoms. The second-order valence-corrected chi connectivity index (χ2v) is 5.14. The molecule has 1 amide bonds.